The SMILES string of the molecule is CC1CCC(C(C)C)C(OC(C(C)O)N2C(C)CCCC2C)C1. The molecule has 0 aromatic carbocycles. The maximum Gasteiger partial charge on any atom is 0.137 e. The first-order valence-corrected chi connectivity index (χ1v) is 9.92. The van der Waals surface area contributed by atoms with Crippen LogP contribution in [0.2, 0.25) is 0 Å². The highest BCUT2D eigenvalue weighted by Crippen LogP contribution is 2.37. The van der Waals surface area contributed by atoms with Crippen LogP contribution in [0.3, 0.4) is 0 Å². The molecule has 0 amide bonds. The summed E-state index contributed by atoms with van der Waals surface area (Å²) in [5, 5.41) is 10.5. The highest BCUT2D eigenvalue weighted by Gasteiger charge is 2.39. The van der Waals surface area contributed by atoms with Gasteiger partial charge in [-0.15, -0.1) is 0 Å². The van der Waals surface area contributed by atoms with Gasteiger partial charge in [0.05, 0.1) is 12.2 Å². The molecule has 3 nitrogen and oxygen atoms in total. The first kappa shape index (κ1) is 19.2. The summed E-state index contributed by atoms with van der Waals surface area (Å²) < 4.78 is 6.65. The van der Waals surface area contributed by atoms with Crippen LogP contribution in [0, 0.1) is 17.8 Å². The molecular formula is C20H39NO2. The van der Waals surface area contributed by atoms with Crippen molar-refractivity contribution in [3.05, 3.63) is 0 Å². The molecule has 1 saturated carbocycles. The van der Waals surface area contributed by atoms with Gasteiger partial charge in [-0.2, -0.15) is 0 Å². The predicted molar refractivity (Wildman–Crippen MR) is 96.3 cm³/mol. The molecule has 7 unspecified atom stereocenters. The summed E-state index contributed by atoms with van der Waals surface area (Å²) in [6, 6.07) is 0.994. The van der Waals surface area contributed by atoms with Crippen molar-refractivity contribution < 1.29 is 9.84 Å². The molecule has 1 aliphatic heterocycles. The number of likely N-dealkylation sites (tertiary alicyclic amines) is 1. The van der Waals surface area contributed by atoms with Gasteiger partial charge in [-0.3, -0.25) is 4.90 Å². The Balaban J connectivity index is 2.13. The molecule has 1 aliphatic carbocycles. The lowest BCUT2D eigenvalue weighted by Crippen LogP contribution is -2.56. The molecule has 2 fully saturated rings. The second-order valence-corrected chi connectivity index (χ2v) is 8.71. The average Bonchev–Trinajstić information content (AvgIpc) is 2.45. The number of piperidine rings is 1. The maximum atomic E-state index is 10.5. The Bertz CT molecular complexity index is 348. The van der Waals surface area contributed by atoms with Crippen molar-refractivity contribution >= 4 is 0 Å². The van der Waals surface area contributed by atoms with Gasteiger partial charge in [0.25, 0.3) is 0 Å². The summed E-state index contributed by atoms with van der Waals surface area (Å²) in [5.74, 6) is 2.02. The van der Waals surface area contributed by atoms with Crippen LogP contribution in [-0.4, -0.2) is 40.5 Å². The number of hydrogen-bond donors (Lipinski definition) is 1. The zero-order chi connectivity index (χ0) is 17.1. The Morgan fingerprint density at radius 1 is 0.957 bits per heavy atom. The van der Waals surface area contributed by atoms with Crippen LogP contribution in [0.4, 0.5) is 0 Å². The average molecular weight is 326 g/mol. The Morgan fingerprint density at radius 3 is 2.09 bits per heavy atom. The second-order valence-electron chi connectivity index (χ2n) is 8.71. The van der Waals surface area contributed by atoms with Crippen LogP contribution < -0.4 is 0 Å². The largest absolute Gasteiger partial charge is 0.389 e. The lowest BCUT2D eigenvalue weighted by molar-refractivity contribution is -0.199. The molecular weight excluding hydrogens is 286 g/mol. The fraction of sp³-hybridized carbons (Fsp3) is 1.00. The van der Waals surface area contributed by atoms with Crippen molar-refractivity contribution in [2.75, 3.05) is 0 Å². The van der Waals surface area contributed by atoms with Crippen LogP contribution in [0.1, 0.15) is 80.1 Å². The van der Waals surface area contributed by atoms with Crippen LogP contribution >= 0.6 is 0 Å². The van der Waals surface area contributed by atoms with E-state index < -0.39 is 6.10 Å². The smallest absolute Gasteiger partial charge is 0.137 e. The van der Waals surface area contributed by atoms with Gasteiger partial charge in [0.1, 0.15) is 6.23 Å². The van der Waals surface area contributed by atoms with Crippen LogP contribution in [0.5, 0.6) is 0 Å². The fourth-order valence-corrected chi connectivity index (χ4v) is 4.83. The van der Waals surface area contributed by atoms with E-state index in [1.54, 1.807) is 0 Å². The van der Waals surface area contributed by atoms with Gasteiger partial charge < -0.3 is 9.84 Å². The van der Waals surface area contributed by atoms with Gasteiger partial charge in [-0.25, -0.2) is 0 Å². The number of aliphatic hydroxyl groups is 1. The van der Waals surface area contributed by atoms with Gasteiger partial charge in [0.15, 0.2) is 0 Å². The van der Waals surface area contributed by atoms with Gasteiger partial charge in [-0.1, -0.05) is 33.6 Å². The molecule has 0 aromatic rings. The summed E-state index contributed by atoms with van der Waals surface area (Å²) in [6.07, 6.45) is 7.14. The summed E-state index contributed by atoms with van der Waals surface area (Å²) in [4.78, 5) is 2.45. The molecule has 2 aliphatic rings. The van der Waals surface area contributed by atoms with E-state index >= 15 is 0 Å². The quantitative estimate of drug-likeness (QED) is 0.811. The third-order valence-electron chi connectivity index (χ3n) is 6.24. The molecule has 1 N–H and O–H groups in total. The van der Waals surface area contributed by atoms with Crippen LogP contribution in [0.15, 0.2) is 0 Å². The monoisotopic (exact) mass is 325 g/mol. The Labute approximate surface area is 143 Å². The molecule has 23 heavy (non-hydrogen) atoms. The van der Waals surface area contributed by atoms with Gasteiger partial charge in [0, 0.05) is 12.1 Å². The first-order valence-electron chi connectivity index (χ1n) is 9.92. The minimum absolute atomic E-state index is 0.156. The zero-order valence-corrected chi connectivity index (χ0v) is 16.2. The summed E-state index contributed by atoms with van der Waals surface area (Å²) in [5.41, 5.74) is 0. The number of rotatable bonds is 5. The third kappa shape index (κ3) is 4.70. The normalized spacial score (nSPS) is 39.4. The highest BCUT2D eigenvalue weighted by atomic mass is 16.5. The van der Waals surface area contributed by atoms with Crippen molar-refractivity contribution in [1.82, 2.24) is 4.90 Å². The van der Waals surface area contributed by atoms with Crippen LogP contribution in [-0.2, 0) is 4.74 Å². The Kier molecular flexibility index (Phi) is 6.94. The Hall–Kier alpha value is -0.120. The number of nitrogens with zero attached hydrogens (tertiary/aromatic N) is 1. The molecule has 1 heterocycles. The molecule has 136 valence electrons. The fourth-order valence-electron chi connectivity index (χ4n) is 4.83. The molecule has 0 spiro atoms. The number of hydrogen-bond acceptors (Lipinski definition) is 3. The summed E-state index contributed by atoms with van der Waals surface area (Å²) in [6.45, 7) is 13.5. The lowest BCUT2D eigenvalue weighted by Gasteiger charge is -2.48. The van der Waals surface area contributed by atoms with Gasteiger partial charge in [-0.05, 0) is 64.2 Å². The molecule has 0 bridgehead atoms. The summed E-state index contributed by atoms with van der Waals surface area (Å²) >= 11 is 0. The van der Waals surface area contributed by atoms with E-state index in [0.717, 1.165) is 12.3 Å². The minimum Gasteiger partial charge on any atom is -0.389 e. The topological polar surface area (TPSA) is 32.7 Å². The molecule has 0 aromatic heterocycles. The molecule has 0 radical (unpaired) electrons. The van der Waals surface area contributed by atoms with E-state index in [9.17, 15) is 5.11 Å². The Morgan fingerprint density at radius 2 is 1.57 bits per heavy atom. The van der Waals surface area contributed by atoms with E-state index in [4.69, 9.17) is 4.74 Å². The molecule has 1 saturated heterocycles. The minimum atomic E-state index is -0.442. The van der Waals surface area contributed by atoms with Crippen LogP contribution in [0.25, 0.3) is 0 Å². The van der Waals surface area contributed by atoms with Gasteiger partial charge in [0.2, 0.25) is 0 Å². The highest BCUT2D eigenvalue weighted by molar-refractivity contribution is 4.87. The van der Waals surface area contributed by atoms with Gasteiger partial charge >= 0.3 is 0 Å². The zero-order valence-electron chi connectivity index (χ0n) is 16.2. The van der Waals surface area contributed by atoms with Crippen molar-refractivity contribution in [2.45, 2.75) is 111 Å². The molecule has 2 rings (SSSR count). The van der Waals surface area contributed by atoms with E-state index in [1.165, 1.54) is 32.1 Å². The first-order chi connectivity index (χ1) is 10.8. The predicted octanol–water partition coefficient (Wildman–Crippen LogP) is 4.43. The third-order valence-corrected chi connectivity index (χ3v) is 6.24. The van der Waals surface area contributed by atoms with Crippen molar-refractivity contribution in [3.8, 4) is 0 Å². The molecule has 3 heteroatoms. The van der Waals surface area contributed by atoms with Crippen molar-refractivity contribution in [3.63, 3.8) is 0 Å². The van der Waals surface area contributed by atoms with E-state index in [1.807, 2.05) is 6.92 Å². The van der Waals surface area contributed by atoms with E-state index in [-0.39, 0.29) is 6.23 Å². The van der Waals surface area contributed by atoms with E-state index in [0.29, 0.717) is 30.0 Å². The number of aliphatic hydroxyl groups excluding tert-OH is 1. The second kappa shape index (κ2) is 8.31. The van der Waals surface area contributed by atoms with Crippen molar-refractivity contribution in [1.29, 1.82) is 0 Å². The molecule has 7 atom stereocenters. The maximum absolute atomic E-state index is 10.5. The number of ether oxygens (including phenoxy) is 1. The summed E-state index contributed by atoms with van der Waals surface area (Å²) in [7, 11) is 0. The standard InChI is InChI=1S/C20H39NO2/c1-13(2)18-11-10-14(3)12-19(18)23-20(17(6)22)21-15(4)8-7-9-16(21)5/h13-20,22H,7-12H2,1-6H3. The lowest BCUT2D eigenvalue weighted by atomic mass is 9.75. The van der Waals surface area contributed by atoms with Crippen molar-refractivity contribution in [2.24, 2.45) is 17.8 Å². The van der Waals surface area contributed by atoms with E-state index in [2.05, 4.69) is 39.5 Å².